The van der Waals surface area contributed by atoms with Gasteiger partial charge < -0.3 is 14.1 Å². The Hall–Kier alpha value is -3.97. The molecular weight excluding hydrogens is 441 g/mol. The molecule has 0 amide bonds. The fourth-order valence-electron chi connectivity index (χ4n) is 4.62. The molecule has 5 aromatic rings. The molecule has 0 saturated heterocycles. The highest BCUT2D eigenvalue weighted by Crippen LogP contribution is 2.40. The van der Waals surface area contributed by atoms with Crippen LogP contribution in [-0.4, -0.2) is 21.4 Å². The van der Waals surface area contributed by atoms with Gasteiger partial charge in [0.2, 0.25) is 0 Å². The van der Waals surface area contributed by atoms with Gasteiger partial charge in [-0.2, -0.15) is 0 Å². The van der Waals surface area contributed by atoms with Gasteiger partial charge in [-0.1, -0.05) is 24.3 Å². The number of carbonyl (C=O) groups excluding carboxylic acids is 1. The van der Waals surface area contributed by atoms with E-state index in [0.717, 1.165) is 15.6 Å². The first-order chi connectivity index (χ1) is 16.0. The number of nitrogens with zero attached hydrogens (tertiary/aromatic N) is 1. The minimum Gasteiger partial charge on any atom is -0.477 e. The minimum absolute atomic E-state index is 0.0615. The zero-order valence-corrected chi connectivity index (χ0v) is 18.0. The van der Waals surface area contributed by atoms with Crippen molar-refractivity contribution in [2.24, 2.45) is 0 Å². The molecule has 3 heterocycles. The number of allylic oxidation sites excluding steroid dienone is 4. The summed E-state index contributed by atoms with van der Waals surface area (Å²) in [6.07, 6.45) is 6.63. The largest absolute Gasteiger partial charge is 0.477 e. The highest BCUT2D eigenvalue weighted by molar-refractivity contribution is 7.17. The van der Waals surface area contributed by atoms with Crippen LogP contribution in [0.4, 0.5) is 4.39 Å². The molecule has 7 heteroatoms. The van der Waals surface area contributed by atoms with Crippen LogP contribution in [0.5, 0.6) is 0 Å². The van der Waals surface area contributed by atoms with Gasteiger partial charge >= 0.3 is 5.97 Å². The molecular formula is C26H16FNO4S. The molecule has 1 aliphatic rings. The van der Waals surface area contributed by atoms with Crippen molar-refractivity contribution in [1.29, 1.82) is 0 Å². The second-order valence-corrected chi connectivity index (χ2v) is 8.91. The summed E-state index contributed by atoms with van der Waals surface area (Å²) >= 11 is 1.63. The third-order valence-electron chi connectivity index (χ3n) is 6.05. The number of benzene rings is 2. The monoisotopic (exact) mass is 457 g/mol. The van der Waals surface area contributed by atoms with Gasteiger partial charge in [-0.3, -0.25) is 4.79 Å². The molecule has 162 valence electrons. The summed E-state index contributed by atoms with van der Waals surface area (Å²) in [6, 6.07) is 10.8. The van der Waals surface area contributed by atoms with E-state index < -0.39 is 11.8 Å². The van der Waals surface area contributed by atoms with Gasteiger partial charge in [0.15, 0.2) is 5.78 Å². The number of aromatic carboxylic acids is 1. The third-order valence-corrected chi connectivity index (χ3v) is 6.95. The van der Waals surface area contributed by atoms with Crippen molar-refractivity contribution < 1.29 is 23.5 Å². The fraction of sp³-hybridized carbons (Fsp3) is 0.0769. The molecule has 0 atom stereocenters. The van der Waals surface area contributed by atoms with Gasteiger partial charge in [-0.15, -0.1) is 11.3 Å². The lowest BCUT2D eigenvalue weighted by Crippen LogP contribution is -2.13. The Morgan fingerprint density at radius 3 is 2.91 bits per heavy atom. The molecule has 2 aromatic carbocycles. The summed E-state index contributed by atoms with van der Waals surface area (Å²) in [7, 11) is 0. The van der Waals surface area contributed by atoms with Gasteiger partial charge in [0.25, 0.3) is 0 Å². The topological polar surface area (TPSA) is 72.4 Å². The van der Waals surface area contributed by atoms with E-state index in [4.69, 9.17) is 4.42 Å². The summed E-state index contributed by atoms with van der Waals surface area (Å²) in [5.41, 5.74) is 1.97. The van der Waals surface area contributed by atoms with Crippen LogP contribution in [-0.2, 0) is 11.3 Å². The van der Waals surface area contributed by atoms with E-state index in [2.05, 4.69) is 0 Å². The first kappa shape index (κ1) is 19.7. The van der Waals surface area contributed by atoms with Gasteiger partial charge in [0, 0.05) is 28.8 Å². The van der Waals surface area contributed by atoms with E-state index in [0.29, 0.717) is 10.9 Å². The predicted molar refractivity (Wildman–Crippen MR) is 126 cm³/mol. The highest BCUT2D eigenvalue weighted by Gasteiger charge is 2.31. The number of ketones is 1. The maximum Gasteiger partial charge on any atom is 0.353 e. The molecule has 0 fully saturated rings. The second kappa shape index (κ2) is 7.28. The van der Waals surface area contributed by atoms with E-state index in [-0.39, 0.29) is 46.5 Å². The second-order valence-electron chi connectivity index (χ2n) is 7.96. The number of fused-ring (bicyclic) bond motifs is 4. The van der Waals surface area contributed by atoms with Crippen LogP contribution in [0, 0.1) is 5.82 Å². The van der Waals surface area contributed by atoms with Gasteiger partial charge in [0.1, 0.15) is 17.1 Å². The average Bonchev–Trinajstić information content (AvgIpc) is 3.52. The van der Waals surface area contributed by atoms with Crippen molar-refractivity contribution in [3.63, 3.8) is 0 Å². The number of furan rings is 1. The Balaban J connectivity index is 1.71. The minimum atomic E-state index is -1.19. The number of rotatable bonds is 4. The number of carboxylic acids is 1. The zero-order chi connectivity index (χ0) is 22.7. The van der Waals surface area contributed by atoms with Crippen LogP contribution in [0.2, 0.25) is 0 Å². The number of Topliss-reactive ketones (excluding diaryl/α,β-unsaturated/α-hetero) is 1. The number of hydrogen-bond acceptors (Lipinski definition) is 4. The summed E-state index contributed by atoms with van der Waals surface area (Å²) in [5.74, 6) is -1.89. The van der Waals surface area contributed by atoms with Crippen molar-refractivity contribution in [2.75, 3.05) is 0 Å². The number of hydrogen-bond donors (Lipinski definition) is 1. The molecule has 0 spiro atoms. The first-order valence-electron chi connectivity index (χ1n) is 10.3. The van der Waals surface area contributed by atoms with Crippen LogP contribution >= 0.6 is 11.3 Å². The van der Waals surface area contributed by atoms with Crippen molar-refractivity contribution >= 4 is 60.6 Å². The lowest BCUT2D eigenvalue weighted by molar-refractivity contribution is -0.113. The molecule has 0 bridgehead atoms. The van der Waals surface area contributed by atoms with Gasteiger partial charge in [0.05, 0.1) is 22.6 Å². The first-order valence-corrected chi connectivity index (χ1v) is 11.2. The summed E-state index contributed by atoms with van der Waals surface area (Å²) in [4.78, 5) is 25.4. The number of carboxylic acid groups (broad SMARTS) is 1. The predicted octanol–water partition coefficient (Wildman–Crippen LogP) is 6.40. The van der Waals surface area contributed by atoms with Crippen LogP contribution < -0.4 is 0 Å². The number of thiophene rings is 1. The zero-order valence-electron chi connectivity index (χ0n) is 17.2. The molecule has 0 unspecified atom stereocenters. The average molecular weight is 457 g/mol. The van der Waals surface area contributed by atoms with Crippen molar-refractivity contribution in [3.8, 4) is 0 Å². The Kier molecular flexibility index (Phi) is 4.35. The van der Waals surface area contributed by atoms with Crippen molar-refractivity contribution in [3.05, 3.63) is 88.9 Å². The van der Waals surface area contributed by atoms with E-state index in [9.17, 15) is 19.1 Å². The normalized spacial score (nSPS) is 14.0. The molecule has 33 heavy (non-hydrogen) atoms. The molecule has 0 aliphatic heterocycles. The van der Waals surface area contributed by atoms with Crippen LogP contribution in [0.3, 0.4) is 0 Å². The quantitative estimate of drug-likeness (QED) is 0.339. The molecule has 5 nitrogen and oxygen atoms in total. The van der Waals surface area contributed by atoms with Crippen LogP contribution in [0.15, 0.2) is 70.7 Å². The van der Waals surface area contributed by atoms with Gasteiger partial charge in [-0.25, -0.2) is 9.18 Å². The molecule has 3 aromatic heterocycles. The number of aromatic nitrogens is 1. The maximum absolute atomic E-state index is 15.0. The third kappa shape index (κ3) is 2.97. The Labute approximate surface area is 190 Å². The van der Waals surface area contributed by atoms with E-state index in [1.807, 2.05) is 29.6 Å². The smallest absolute Gasteiger partial charge is 0.353 e. The molecule has 0 saturated carbocycles. The van der Waals surface area contributed by atoms with E-state index >= 15 is 0 Å². The Morgan fingerprint density at radius 2 is 2.09 bits per heavy atom. The Bertz CT molecular complexity index is 1680. The molecule has 6 rings (SSSR count). The molecule has 0 radical (unpaired) electrons. The summed E-state index contributed by atoms with van der Waals surface area (Å²) in [5, 5.41) is 14.0. The van der Waals surface area contributed by atoms with Crippen molar-refractivity contribution in [1.82, 2.24) is 4.57 Å². The lowest BCUT2D eigenvalue weighted by atomic mass is 9.93. The van der Waals surface area contributed by atoms with Crippen molar-refractivity contribution in [2.45, 2.75) is 13.0 Å². The standard InChI is InChI=1S/C26H16FNO4S/c27-18-12-19-23(25-16(18)7-9-32-25)22(17-3-1-2-4-20(17)29)24(26(30)31)28(19)13-14-5-6-21-15(11-14)8-10-33-21/h1-3,5-12H,4,13H2,(H,30,31). The SMILES string of the molecule is O=C1CC=CC=C1c1c(C(=O)O)n(Cc2ccc3sccc3c2)c2cc(F)c3ccoc3c12. The summed E-state index contributed by atoms with van der Waals surface area (Å²) in [6.45, 7) is 0.201. The summed E-state index contributed by atoms with van der Waals surface area (Å²) < 4.78 is 23.3. The van der Waals surface area contributed by atoms with Crippen LogP contribution in [0.25, 0.3) is 37.5 Å². The number of carbonyl (C=O) groups is 2. The molecule has 1 aliphatic carbocycles. The molecule has 1 N–H and O–H groups in total. The van der Waals surface area contributed by atoms with E-state index in [1.165, 1.54) is 18.4 Å². The number of halogens is 1. The van der Waals surface area contributed by atoms with Gasteiger partial charge in [-0.05, 0) is 46.7 Å². The Morgan fingerprint density at radius 1 is 1.21 bits per heavy atom. The fourth-order valence-corrected chi connectivity index (χ4v) is 5.39. The maximum atomic E-state index is 15.0. The highest BCUT2D eigenvalue weighted by atomic mass is 32.1. The van der Waals surface area contributed by atoms with E-state index in [1.54, 1.807) is 34.1 Å². The van der Waals surface area contributed by atoms with Crippen LogP contribution in [0.1, 0.15) is 28.0 Å². The lowest BCUT2D eigenvalue weighted by Gasteiger charge is -2.11.